The van der Waals surface area contributed by atoms with E-state index in [2.05, 4.69) is 10.1 Å². The highest BCUT2D eigenvalue weighted by molar-refractivity contribution is 5.75. The molecule has 0 N–H and O–H groups in total. The number of nitrogens with zero attached hydrogens (tertiary/aromatic N) is 2. The van der Waals surface area contributed by atoms with Crippen LogP contribution in [0.2, 0.25) is 0 Å². The van der Waals surface area contributed by atoms with Crippen molar-refractivity contribution in [3.05, 3.63) is 11.7 Å². The van der Waals surface area contributed by atoms with E-state index in [9.17, 15) is 4.79 Å². The number of carbonyl (C=O) groups excluding carboxylic acids is 1. The van der Waals surface area contributed by atoms with E-state index in [0.717, 1.165) is 6.42 Å². The Balaban J connectivity index is 2.47. The molecule has 12 heavy (non-hydrogen) atoms. The molecule has 1 aromatic rings. The van der Waals surface area contributed by atoms with Crippen LogP contribution in [0.25, 0.3) is 0 Å². The van der Waals surface area contributed by atoms with Gasteiger partial charge in [-0.25, -0.2) is 0 Å². The van der Waals surface area contributed by atoms with Gasteiger partial charge in [-0.1, -0.05) is 12.1 Å². The van der Waals surface area contributed by atoms with Crippen LogP contribution >= 0.6 is 0 Å². The van der Waals surface area contributed by atoms with E-state index in [0.29, 0.717) is 24.6 Å². The van der Waals surface area contributed by atoms with Gasteiger partial charge in [0.25, 0.3) is 0 Å². The van der Waals surface area contributed by atoms with Gasteiger partial charge in [0.15, 0.2) is 5.82 Å². The SMILES string of the molecule is CCc1noc(CCC(C)=O)n1. The molecule has 4 heteroatoms. The maximum Gasteiger partial charge on any atom is 0.227 e. The fourth-order valence-corrected chi connectivity index (χ4v) is 0.818. The smallest absolute Gasteiger partial charge is 0.227 e. The van der Waals surface area contributed by atoms with Gasteiger partial charge >= 0.3 is 0 Å². The van der Waals surface area contributed by atoms with E-state index in [-0.39, 0.29) is 5.78 Å². The maximum absolute atomic E-state index is 10.6. The zero-order valence-electron chi connectivity index (χ0n) is 7.33. The van der Waals surface area contributed by atoms with Gasteiger partial charge in [-0.15, -0.1) is 0 Å². The van der Waals surface area contributed by atoms with Crippen LogP contribution in [0.4, 0.5) is 0 Å². The van der Waals surface area contributed by atoms with Crippen LogP contribution in [0.3, 0.4) is 0 Å². The molecule has 0 amide bonds. The van der Waals surface area contributed by atoms with Crippen molar-refractivity contribution in [3.8, 4) is 0 Å². The summed E-state index contributed by atoms with van der Waals surface area (Å²) in [5.74, 6) is 1.40. The molecular formula is C8H12N2O2. The van der Waals surface area contributed by atoms with Crippen LogP contribution in [0.15, 0.2) is 4.52 Å². The summed E-state index contributed by atoms with van der Waals surface area (Å²) < 4.78 is 4.89. The van der Waals surface area contributed by atoms with Crippen molar-refractivity contribution in [2.75, 3.05) is 0 Å². The first-order valence-corrected chi connectivity index (χ1v) is 4.03. The first-order valence-electron chi connectivity index (χ1n) is 4.03. The number of hydrogen-bond donors (Lipinski definition) is 0. The number of ketones is 1. The lowest BCUT2D eigenvalue weighted by molar-refractivity contribution is -0.117. The second-order valence-corrected chi connectivity index (χ2v) is 2.66. The molecule has 0 saturated heterocycles. The van der Waals surface area contributed by atoms with Crippen LogP contribution < -0.4 is 0 Å². The Morgan fingerprint density at radius 1 is 1.58 bits per heavy atom. The van der Waals surface area contributed by atoms with Crippen LogP contribution in [0, 0.1) is 0 Å². The largest absolute Gasteiger partial charge is 0.339 e. The van der Waals surface area contributed by atoms with E-state index in [1.807, 2.05) is 6.92 Å². The summed E-state index contributed by atoms with van der Waals surface area (Å²) in [6.45, 7) is 3.51. The lowest BCUT2D eigenvalue weighted by Gasteiger charge is -1.87. The quantitative estimate of drug-likeness (QED) is 0.676. The van der Waals surface area contributed by atoms with Gasteiger partial charge < -0.3 is 9.32 Å². The first kappa shape index (κ1) is 8.90. The molecule has 0 fully saturated rings. The van der Waals surface area contributed by atoms with E-state index in [1.54, 1.807) is 6.92 Å². The summed E-state index contributed by atoms with van der Waals surface area (Å²) >= 11 is 0. The summed E-state index contributed by atoms with van der Waals surface area (Å²) in [6, 6.07) is 0. The van der Waals surface area contributed by atoms with Gasteiger partial charge in [0.2, 0.25) is 5.89 Å². The van der Waals surface area contributed by atoms with Crippen molar-refractivity contribution in [1.82, 2.24) is 10.1 Å². The van der Waals surface area contributed by atoms with Gasteiger partial charge in [0.1, 0.15) is 5.78 Å². The number of hydrogen-bond acceptors (Lipinski definition) is 4. The minimum atomic E-state index is 0.145. The molecule has 0 bridgehead atoms. The molecule has 0 atom stereocenters. The standard InChI is InChI=1S/C8H12N2O2/c1-3-7-9-8(12-10-7)5-4-6(2)11/h3-5H2,1-2H3. The third kappa shape index (κ3) is 2.45. The number of carbonyl (C=O) groups is 1. The fraction of sp³-hybridized carbons (Fsp3) is 0.625. The average Bonchev–Trinajstić information content (AvgIpc) is 2.48. The van der Waals surface area contributed by atoms with Gasteiger partial charge in [-0.2, -0.15) is 4.98 Å². The average molecular weight is 168 g/mol. The molecule has 1 rings (SSSR count). The molecule has 4 nitrogen and oxygen atoms in total. The molecule has 0 aliphatic rings. The van der Waals surface area contributed by atoms with Gasteiger partial charge in [0.05, 0.1) is 0 Å². The summed E-state index contributed by atoms with van der Waals surface area (Å²) in [4.78, 5) is 14.7. The van der Waals surface area contributed by atoms with Crippen molar-refractivity contribution in [3.63, 3.8) is 0 Å². The molecule has 0 aliphatic carbocycles. The lowest BCUT2D eigenvalue weighted by Crippen LogP contribution is -1.94. The number of aryl methyl sites for hydroxylation is 2. The summed E-state index contributed by atoms with van der Waals surface area (Å²) in [5, 5.41) is 3.72. The van der Waals surface area contributed by atoms with Crippen molar-refractivity contribution in [2.45, 2.75) is 33.1 Å². The van der Waals surface area contributed by atoms with E-state index in [4.69, 9.17) is 4.52 Å². The van der Waals surface area contributed by atoms with Crippen molar-refractivity contribution >= 4 is 5.78 Å². The predicted octanol–water partition coefficient (Wildman–Crippen LogP) is 1.15. The Labute approximate surface area is 71.0 Å². The molecule has 0 aliphatic heterocycles. The molecule has 0 spiro atoms. The lowest BCUT2D eigenvalue weighted by atomic mass is 10.2. The molecule has 1 aromatic heterocycles. The Hall–Kier alpha value is -1.19. The third-order valence-electron chi connectivity index (χ3n) is 1.52. The monoisotopic (exact) mass is 168 g/mol. The van der Waals surface area contributed by atoms with Crippen LogP contribution in [-0.2, 0) is 17.6 Å². The molecular weight excluding hydrogens is 156 g/mol. The summed E-state index contributed by atoms with van der Waals surface area (Å²) in [7, 11) is 0. The zero-order chi connectivity index (χ0) is 8.97. The molecule has 0 unspecified atom stereocenters. The molecule has 0 radical (unpaired) electrons. The highest BCUT2D eigenvalue weighted by atomic mass is 16.5. The molecule has 0 aromatic carbocycles. The molecule has 1 heterocycles. The van der Waals surface area contributed by atoms with Crippen molar-refractivity contribution in [1.29, 1.82) is 0 Å². The maximum atomic E-state index is 10.6. The minimum Gasteiger partial charge on any atom is -0.339 e. The van der Waals surface area contributed by atoms with Gasteiger partial charge in [-0.05, 0) is 6.92 Å². The van der Waals surface area contributed by atoms with Crippen molar-refractivity contribution < 1.29 is 9.32 Å². The molecule has 0 saturated carbocycles. The Kier molecular flexibility index (Phi) is 2.96. The van der Waals surface area contributed by atoms with Crippen LogP contribution in [-0.4, -0.2) is 15.9 Å². The second kappa shape index (κ2) is 3.99. The summed E-state index contributed by atoms with van der Waals surface area (Å²) in [5.41, 5.74) is 0. The predicted molar refractivity (Wildman–Crippen MR) is 42.7 cm³/mol. The van der Waals surface area contributed by atoms with Crippen LogP contribution in [0.1, 0.15) is 32.0 Å². The Morgan fingerprint density at radius 3 is 2.83 bits per heavy atom. The van der Waals surface area contributed by atoms with E-state index in [1.165, 1.54) is 0 Å². The summed E-state index contributed by atoms with van der Waals surface area (Å²) in [6.07, 6.45) is 1.80. The minimum absolute atomic E-state index is 0.145. The Morgan fingerprint density at radius 2 is 2.33 bits per heavy atom. The second-order valence-electron chi connectivity index (χ2n) is 2.66. The van der Waals surface area contributed by atoms with Gasteiger partial charge in [-0.3, -0.25) is 0 Å². The number of Topliss-reactive ketones (excluding diaryl/α,β-unsaturated/α-hetero) is 1. The number of rotatable bonds is 4. The topological polar surface area (TPSA) is 56.0 Å². The Bertz CT molecular complexity index is 268. The van der Waals surface area contributed by atoms with Gasteiger partial charge in [0, 0.05) is 19.3 Å². The van der Waals surface area contributed by atoms with Crippen molar-refractivity contribution in [2.24, 2.45) is 0 Å². The normalized spacial score (nSPS) is 10.2. The van der Waals surface area contributed by atoms with E-state index >= 15 is 0 Å². The zero-order valence-corrected chi connectivity index (χ0v) is 7.33. The fourth-order valence-electron chi connectivity index (χ4n) is 0.818. The van der Waals surface area contributed by atoms with E-state index < -0.39 is 0 Å². The third-order valence-corrected chi connectivity index (χ3v) is 1.52. The highest BCUT2D eigenvalue weighted by Gasteiger charge is 2.04. The van der Waals surface area contributed by atoms with Crippen LogP contribution in [0.5, 0.6) is 0 Å². The highest BCUT2D eigenvalue weighted by Crippen LogP contribution is 2.01. The number of aromatic nitrogens is 2. The molecule has 66 valence electrons. The first-order chi connectivity index (χ1) is 5.72.